The van der Waals surface area contributed by atoms with Crippen LogP contribution in [-0.2, 0) is 6.42 Å². The van der Waals surface area contributed by atoms with E-state index in [1.54, 1.807) is 0 Å². The summed E-state index contributed by atoms with van der Waals surface area (Å²) in [5.41, 5.74) is 3.03. The first kappa shape index (κ1) is 11.0. The first-order valence-corrected chi connectivity index (χ1v) is 6.28. The molecule has 3 nitrogen and oxygen atoms in total. The van der Waals surface area contributed by atoms with Crippen molar-refractivity contribution in [3.8, 4) is 5.69 Å². The average molecular weight is 237 g/mol. The fourth-order valence-electron chi connectivity index (χ4n) is 2.20. The molecule has 0 saturated heterocycles. The molecule has 1 aromatic carbocycles. The summed E-state index contributed by atoms with van der Waals surface area (Å²) in [7, 11) is 0. The maximum absolute atomic E-state index is 4.68. The summed E-state index contributed by atoms with van der Waals surface area (Å²) in [6.45, 7) is 2.17. The molecule has 0 aliphatic rings. The van der Waals surface area contributed by atoms with E-state index in [4.69, 9.17) is 0 Å². The lowest BCUT2D eigenvalue weighted by Gasteiger charge is -2.07. The van der Waals surface area contributed by atoms with Gasteiger partial charge in [0.2, 0.25) is 0 Å². The molecule has 2 aromatic heterocycles. The van der Waals surface area contributed by atoms with Crippen molar-refractivity contribution < 1.29 is 0 Å². The smallest absolute Gasteiger partial charge is 0.164 e. The summed E-state index contributed by atoms with van der Waals surface area (Å²) in [6, 6.07) is 14.2. The molecule has 0 aliphatic heterocycles. The van der Waals surface area contributed by atoms with Crippen molar-refractivity contribution in [2.75, 3.05) is 0 Å². The Hall–Kier alpha value is -2.16. The van der Waals surface area contributed by atoms with E-state index < -0.39 is 0 Å². The van der Waals surface area contributed by atoms with Crippen LogP contribution in [0.4, 0.5) is 0 Å². The maximum atomic E-state index is 4.68. The number of aromatic nitrogens is 3. The lowest BCUT2D eigenvalue weighted by Crippen LogP contribution is -2.01. The quantitative estimate of drug-likeness (QED) is 0.699. The van der Waals surface area contributed by atoms with E-state index in [9.17, 15) is 0 Å². The molecule has 0 fully saturated rings. The number of para-hydroxylation sites is 1. The van der Waals surface area contributed by atoms with Crippen LogP contribution >= 0.6 is 0 Å². The number of rotatable bonds is 3. The Morgan fingerprint density at radius 3 is 2.67 bits per heavy atom. The highest BCUT2D eigenvalue weighted by molar-refractivity contribution is 5.73. The van der Waals surface area contributed by atoms with E-state index in [1.165, 1.54) is 0 Å². The van der Waals surface area contributed by atoms with Gasteiger partial charge in [-0.15, -0.1) is 0 Å². The molecule has 18 heavy (non-hydrogen) atoms. The molecule has 0 saturated carbocycles. The number of imidazole rings is 1. The molecular weight excluding hydrogens is 222 g/mol. The number of aryl methyl sites for hydroxylation is 1. The lowest BCUT2D eigenvalue weighted by atomic mass is 10.3. The van der Waals surface area contributed by atoms with E-state index >= 15 is 0 Å². The third kappa shape index (κ3) is 1.78. The molecule has 0 unspecified atom stereocenters. The average Bonchev–Trinajstić information content (AvgIpc) is 2.78. The molecule has 3 rings (SSSR count). The summed E-state index contributed by atoms with van der Waals surface area (Å²) < 4.78 is 2.15. The van der Waals surface area contributed by atoms with Crippen molar-refractivity contribution >= 4 is 11.2 Å². The van der Waals surface area contributed by atoms with Gasteiger partial charge in [0.05, 0.1) is 0 Å². The molecular formula is C15H15N3. The first-order chi connectivity index (χ1) is 8.90. The first-order valence-electron chi connectivity index (χ1n) is 6.28. The van der Waals surface area contributed by atoms with Crippen LogP contribution in [0.25, 0.3) is 16.9 Å². The van der Waals surface area contributed by atoms with Crippen molar-refractivity contribution in [2.45, 2.75) is 19.8 Å². The molecule has 0 radical (unpaired) electrons. The lowest BCUT2D eigenvalue weighted by molar-refractivity contribution is 0.815. The van der Waals surface area contributed by atoms with Crippen LogP contribution in [0.15, 0.2) is 48.7 Å². The molecule has 90 valence electrons. The van der Waals surface area contributed by atoms with Gasteiger partial charge in [0.1, 0.15) is 11.3 Å². The van der Waals surface area contributed by atoms with Gasteiger partial charge in [0, 0.05) is 18.3 Å². The highest BCUT2D eigenvalue weighted by Gasteiger charge is 2.11. The van der Waals surface area contributed by atoms with Crippen LogP contribution < -0.4 is 0 Å². The number of benzene rings is 1. The molecule has 3 aromatic rings. The molecule has 0 amide bonds. The maximum Gasteiger partial charge on any atom is 0.164 e. The summed E-state index contributed by atoms with van der Waals surface area (Å²) >= 11 is 0. The van der Waals surface area contributed by atoms with Gasteiger partial charge in [-0.25, -0.2) is 9.97 Å². The topological polar surface area (TPSA) is 30.7 Å². The zero-order valence-electron chi connectivity index (χ0n) is 10.4. The largest absolute Gasteiger partial charge is 0.281 e. The van der Waals surface area contributed by atoms with E-state index in [2.05, 4.69) is 33.6 Å². The van der Waals surface area contributed by atoms with Crippen LogP contribution in [0.5, 0.6) is 0 Å². The Balaban J connectivity index is 2.28. The number of hydrogen-bond acceptors (Lipinski definition) is 2. The minimum absolute atomic E-state index is 0.937. The monoisotopic (exact) mass is 237 g/mol. The zero-order valence-corrected chi connectivity index (χ0v) is 10.4. The van der Waals surface area contributed by atoms with E-state index in [0.717, 1.165) is 35.5 Å². The molecule has 2 heterocycles. The standard InChI is InChI=1S/C15H15N3/c1-2-7-14-17-13-10-6-11-16-15(13)18(14)12-8-4-3-5-9-12/h3-6,8-11H,2,7H2,1H3. The summed E-state index contributed by atoms with van der Waals surface area (Å²) in [5.74, 6) is 1.08. The van der Waals surface area contributed by atoms with Gasteiger partial charge in [-0.2, -0.15) is 0 Å². The van der Waals surface area contributed by atoms with Gasteiger partial charge >= 0.3 is 0 Å². The molecule has 0 aliphatic carbocycles. The highest BCUT2D eigenvalue weighted by atomic mass is 15.1. The second-order valence-electron chi connectivity index (χ2n) is 4.30. The van der Waals surface area contributed by atoms with Crippen molar-refractivity contribution in [2.24, 2.45) is 0 Å². The Morgan fingerprint density at radius 1 is 1.06 bits per heavy atom. The fourth-order valence-corrected chi connectivity index (χ4v) is 2.20. The number of nitrogens with zero attached hydrogens (tertiary/aromatic N) is 3. The van der Waals surface area contributed by atoms with E-state index in [-0.39, 0.29) is 0 Å². The van der Waals surface area contributed by atoms with Crippen LogP contribution in [0, 0.1) is 0 Å². The number of fused-ring (bicyclic) bond motifs is 1. The fraction of sp³-hybridized carbons (Fsp3) is 0.200. The predicted octanol–water partition coefficient (Wildman–Crippen LogP) is 3.37. The third-order valence-electron chi connectivity index (χ3n) is 2.97. The van der Waals surface area contributed by atoms with Gasteiger partial charge in [-0.1, -0.05) is 25.1 Å². The second-order valence-corrected chi connectivity index (χ2v) is 4.30. The van der Waals surface area contributed by atoms with Crippen molar-refractivity contribution in [1.82, 2.24) is 14.5 Å². The van der Waals surface area contributed by atoms with Gasteiger partial charge in [-0.05, 0) is 30.7 Å². The summed E-state index contributed by atoms with van der Waals surface area (Å²) in [4.78, 5) is 9.14. The highest BCUT2D eigenvalue weighted by Crippen LogP contribution is 2.20. The van der Waals surface area contributed by atoms with Gasteiger partial charge in [0.25, 0.3) is 0 Å². The van der Waals surface area contributed by atoms with Crippen LogP contribution in [-0.4, -0.2) is 14.5 Å². The van der Waals surface area contributed by atoms with E-state index in [0.29, 0.717) is 0 Å². The van der Waals surface area contributed by atoms with Crippen molar-refractivity contribution in [3.63, 3.8) is 0 Å². The summed E-state index contributed by atoms with van der Waals surface area (Å²) in [5, 5.41) is 0. The van der Waals surface area contributed by atoms with Crippen LogP contribution in [0.2, 0.25) is 0 Å². The molecule has 0 spiro atoms. The van der Waals surface area contributed by atoms with Crippen molar-refractivity contribution in [3.05, 3.63) is 54.5 Å². The van der Waals surface area contributed by atoms with Gasteiger partial charge in [0.15, 0.2) is 5.65 Å². The minimum atomic E-state index is 0.937. The second kappa shape index (κ2) is 4.61. The summed E-state index contributed by atoms with van der Waals surface area (Å²) in [6.07, 6.45) is 3.86. The van der Waals surface area contributed by atoms with Gasteiger partial charge in [-0.3, -0.25) is 4.57 Å². The normalized spacial score (nSPS) is 10.9. The Morgan fingerprint density at radius 2 is 1.89 bits per heavy atom. The van der Waals surface area contributed by atoms with Crippen LogP contribution in [0.3, 0.4) is 0 Å². The van der Waals surface area contributed by atoms with Gasteiger partial charge < -0.3 is 0 Å². The third-order valence-corrected chi connectivity index (χ3v) is 2.97. The van der Waals surface area contributed by atoms with E-state index in [1.807, 2.05) is 36.5 Å². The predicted molar refractivity (Wildman–Crippen MR) is 72.9 cm³/mol. The van der Waals surface area contributed by atoms with Crippen molar-refractivity contribution in [1.29, 1.82) is 0 Å². The number of hydrogen-bond donors (Lipinski definition) is 0. The molecule has 0 N–H and O–H groups in total. The molecule has 0 atom stereocenters. The Bertz CT molecular complexity index is 656. The molecule has 0 bridgehead atoms. The minimum Gasteiger partial charge on any atom is -0.281 e. The molecule has 3 heteroatoms. The SMILES string of the molecule is CCCc1nc2cccnc2n1-c1ccccc1. The van der Waals surface area contributed by atoms with Crippen LogP contribution in [0.1, 0.15) is 19.2 Å². The zero-order chi connectivity index (χ0) is 12.4. The number of pyridine rings is 1. The Kier molecular flexibility index (Phi) is 2.81. The Labute approximate surface area is 106 Å².